The Morgan fingerprint density at radius 1 is 1.43 bits per heavy atom. The van der Waals surface area contributed by atoms with Crippen molar-refractivity contribution in [2.75, 3.05) is 26.2 Å². The Morgan fingerprint density at radius 2 is 2.19 bits per heavy atom. The van der Waals surface area contributed by atoms with Crippen molar-refractivity contribution in [1.82, 2.24) is 4.90 Å². The molecule has 116 valence electrons. The zero-order valence-corrected chi connectivity index (χ0v) is 12.8. The third kappa shape index (κ3) is 4.29. The number of nitrogens with zero attached hydrogens (tertiary/aromatic N) is 1. The summed E-state index contributed by atoms with van der Waals surface area (Å²) in [6, 6.07) is 10.7. The number of carbonyl (C=O) groups is 1. The number of esters is 1. The summed E-state index contributed by atoms with van der Waals surface area (Å²) >= 11 is 0. The van der Waals surface area contributed by atoms with Crippen LogP contribution in [0.25, 0.3) is 0 Å². The molecule has 1 aliphatic heterocycles. The Balaban J connectivity index is 2.07. The molecule has 1 aliphatic rings. The molecule has 21 heavy (non-hydrogen) atoms. The van der Waals surface area contributed by atoms with E-state index in [1.165, 1.54) is 5.56 Å². The number of piperidine rings is 1. The van der Waals surface area contributed by atoms with Gasteiger partial charge >= 0.3 is 5.97 Å². The number of carbonyl (C=O) groups excluding carboxylic acids is 1. The van der Waals surface area contributed by atoms with Crippen molar-refractivity contribution in [2.45, 2.75) is 32.2 Å². The summed E-state index contributed by atoms with van der Waals surface area (Å²) in [5, 5.41) is 0. The quantitative estimate of drug-likeness (QED) is 0.817. The van der Waals surface area contributed by atoms with Gasteiger partial charge < -0.3 is 10.5 Å². The molecular weight excluding hydrogens is 264 g/mol. The molecule has 0 radical (unpaired) electrons. The van der Waals surface area contributed by atoms with Crippen molar-refractivity contribution < 1.29 is 9.53 Å². The maximum atomic E-state index is 12.0. The number of nitrogens with two attached hydrogens (primary N) is 1. The zero-order chi connectivity index (χ0) is 15.1. The minimum Gasteiger partial charge on any atom is -0.466 e. The number of ether oxygens (including phenoxy) is 1. The van der Waals surface area contributed by atoms with E-state index in [2.05, 4.69) is 29.2 Å². The smallest absolute Gasteiger partial charge is 0.310 e. The van der Waals surface area contributed by atoms with Gasteiger partial charge in [0.25, 0.3) is 0 Å². The molecule has 0 saturated carbocycles. The molecule has 2 rings (SSSR count). The van der Waals surface area contributed by atoms with Crippen LogP contribution in [0.15, 0.2) is 30.3 Å². The first kappa shape index (κ1) is 16.0. The molecule has 0 spiro atoms. The molecule has 1 aromatic rings. The van der Waals surface area contributed by atoms with E-state index in [1.54, 1.807) is 0 Å². The van der Waals surface area contributed by atoms with E-state index in [9.17, 15) is 4.79 Å². The standard InChI is InChI=1S/C17H26N2O2/c1-2-21-17(20)15-9-6-12-19(13-15)16(10-11-18)14-7-4-3-5-8-14/h3-5,7-8,15-16H,2,6,9-13,18H2,1H3. The normalized spacial score (nSPS) is 21.0. The number of hydrogen-bond acceptors (Lipinski definition) is 4. The second-order valence-corrected chi connectivity index (χ2v) is 5.59. The Kier molecular flexibility index (Phi) is 6.21. The topological polar surface area (TPSA) is 55.6 Å². The first-order valence-corrected chi connectivity index (χ1v) is 7.92. The van der Waals surface area contributed by atoms with E-state index in [0.717, 1.165) is 32.4 Å². The highest BCUT2D eigenvalue weighted by Gasteiger charge is 2.30. The molecule has 0 aromatic heterocycles. The lowest BCUT2D eigenvalue weighted by molar-refractivity contribution is -0.150. The molecule has 1 fully saturated rings. The Labute approximate surface area is 127 Å². The summed E-state index contributed by atoms with van der Waals surface area (Å²) in [4.78, 5) is 14.4. The highest BCUT2D eigenvalue weighted by Crippen LogP contribution is 2.29. The van der Waals surface area contributed by atoms with Crippen molar-refractivity contribution in [3.63, 3.8) is 0 Å². The van der Waals surface area contributed by atoms with Crippen LogP contribution in [0.2, 0.25) is 0 Å². The van der Waals surface area contributed by atoms with Gasteiger partial charge in [-0.05, 0) is 44.8 Å². The van der Waals surface area contributed by atoms with Gasteiger partial charge in [-0.2, -0.15) is 0 Å². The van der Waals surface area contributed by atoms with E-state index in [1.807, 2.05) is 13.0 Å². The zero-order valence-electron chi connectivity index (χ0n) is 12.8. The average Bonchev–Trinajstić information content (AvgIpc) is 2.54. The van der Waals surface area contributed by atoms with Crippen LogP contribution in [0.1, 0.15) is 37.8 Å². The van der Waals surface area contributed by atoms with Gasteiger partial charge in [0.15, 0.2) is 0 Å². The SMILES string of the molecule is CCOC(=O)C1CCCN(C(CCN)c2ccccc2)C1. The van der Waals surface area contributed by atoms with Crippen LogP contribution in [0.4, 0.5) is 0 Å². The average molecular weight is 290 g/mol. The van der Waals surface area contributed by atoms with Gasteiger partial charge in [0.05, 0.1) is 12.5 Å². The van der Waals surface area contributed by atoms with Crippen LogP contribution < -0.4 is 5.73 Å². The Morgan fingerprint density at radius 3 is 2.86 bits per heavy atom. The highest BCUT2D eigenvalue weighted by molar-refractivity contribution is 5.72. The third-order valence-corrected chi connectivity index (χ3v) is 4.14. The lowest BCUT2D eigenvalue weighted by Gasteiger charge is -2.37. The Bertz CT molecular complexity index is 436. The van der Waals surface area contributed by atoms with Gasteiger partial charge in [-0.15, -0.1) is 0 Å². The maximum absolute atomic E-state index is 12.0. The van der Waals surface area contributed by atoms with Gasteiger partial charge in [0.1, 0.15) is 0 Å². The van der Waals surface area contributed by atoms with Gasteiger partial charge in [0, 0.05) is 12.6 Å². The van der Waals surface area contributed by atoms with Crippen molar-refractivity contribution in [3.8, 4) is 0 Å². The maximum Gasteiger partial charge on any atom is 0.310 e. The molecule has 0 amide bonds. The number of likely N-dealkylation sites (tertiary alicyclic amines) is 1. The number of rotatable bonds is 6. The van der Waals surface area contributed by atoms with Crippen LogP contribution in [0, 0.1) is 5.92 Å². The largest absolute Gasteiger partial charge is 0.466 e. The van der Waals surface area contributed by atoms with E-state index in [4.69, 9.17) is 10.5 Å². The Hall–Kier alpha value is -1.39. The minimum absolute atomic E-state index is 0.00249. The van der Waals surface area contributed by atoms with Crippen molar-refractivity contribution in [3.05, 3.63) is 35.9 Å². The van der Waals surface area contributed by atoms with Crippen LogP contribution in [-0.2, 0) is 9.53 Å². The second-order valence-electron chi connectivity index (χ2n) is 5.59. The summed E-state index contributed by atoms with van der Waals surface area (Å²) in [5.41, 5.74) is 7.08. The number of benzene rings is 1. The lowest BCUT2D eigenvalue weighted by atomic mass is 9.93. The van der Waals surface area contributed by atoms with Crippen molar-refractivity contribution >= 4 is 5.97 Å². The minimum atomic E-state index is -0.0539. The van der Waals surface area contributed by atoms with Crippen LogP contribution in [0.3, 0.4) is 0 Å². The molecule has 0 bridgehead atoms. The van der Waals surface area contributed by atoms with Crippen LogP contribution in [0.5, 0.6) is 0 Å². The molecule has 2 atom stereocenters. The lowest BCUT2D eigenvalue weighted by Crippen LogP contribution is -2.42. The van der Waals surface area contributed by atoms with Gasteiger partial charge in [-0.1, -0.05) is 30.3 Å². The first-order chi connectivity index (χ1) is 10.3. The third-order valence-electron chi connectivity index (χ3n) is 4.14. The van der Waals surface area contributed by atoms with E-state index < -0.39 is 0 Å². The summed E-state index contributed by atoms with van der Waals surface area (Å²) in [6.45, 7) is 4.77. The van der Waals surface area contributed by atoms with Gasteiger partial charge in [0.2, 0.25) is 0 Å². The monoisotopic (exact) mass is 290 g/mol. The molecule has 2 unspecified atom stereocenters. The van der Waals surface area contributed by atoms with E-state index >= 15 is 0 Å². The van der Waals surface area contributed by atoms with E-state index in [0.29, 0.717) is 19.2 Å². The molecule has 2 N–H and O–H groups in total. The summed E-state index contributed by atoms with van der Waals surface area (Å²) in [5.74, 6) is -0.0514. The molecule has 1 aromatic carbocycles. The molecule has 1 saturated heterocycles. The molecule has 4 nitrogen and oxygen atoms in total. The van der Waals surface area contributed by atoms with E-state index in [-0.39, 0.29) is 11.9 Å². The van der Waals surface area contributed by atoms with Crippen molar-refractivity contribution in [1.29, 1.82) is 0 Å². The summed E-state index contributed by atoms with van der Waals surface area (Å²) in [6.07, 6.45) is 2.89. The highest BCUT2D eigenvalue weighted by atomic mass is 16.5. The summed E-state index contributed by atoms with van der Waals surface area (Å²) < 4.78 is 5.18. The predicted molar refractivity (Wildman–Crippen MR) is 83.8 cm³/mol. The first-order valence-electron chi connectivity index (χ1n) is 7.92. The molecule has 1 heterocycles. The summed E-state index contributed by atoms with van der Waals surface area (Å²) in [7, 11) is 0. The molecule has 0 aliphatic carbocycles. The van der Waals surface area contributed by atoms with Crippen LogP contribution >= 0.6 is 0 Å². The predicted octanol–water partition coefficient (Wildman–Crippen LogP) is 2.35. The second kappa shape index (κ2) is 8.15. The molecular formula is C17H26N2O2. The fourth-order valence-corrected chi connectivity index (χ4v) is 3.14. The number of hydrogen-bond donors (Lipinski definition) is 1. The van der Waals surface area contributed by atoms with Crippen molar-refractivity contribution in [2.24, 2.45) is 11.7 Å². The van der Waals surface area contributed by atoms with Gasteiger partial charge in [-0.3, -0.25) is 9.69 Å². The van der Waals surface area contributed by atoms with Crippen LogP contribution in [-0.4, -0.2) is 37.1 Å². The molecule has 4 heteroatoms. The fourth-order valence-electron chi connectivity index (χ4n) is 3.14. The fraction of sp³-hybridized carbons (Fsp3) is 0.588. The van der Waals surface area contributed by atoms with Gasteiger partial charge in [-0.25, -0.2) is 0 Å².